The summed E-state index contributed by atoms with van der Waals surface area (Å²) in [6.07, 6.45) is 0.360. The third-order valence-corrected chi connectivity index (χ3v) is 4.05. The van der Waals surface area contributed by atoms with Crippen LogP contribution < -0.4 is 20.1 Å². The summed E-state index contributed by atoms with van der Waals surface area (Å²) in [6, 6.07) is 10.7. The van der Waals surface area contributed by atoms with Gasteiger partial charge in [-0.2, -0.15) is 0 Å². The van der Waals surface area contributed by atoms with E-state index in [2.05, 4.69) is 10.6 Å². The van der Waals surface area contributed by atoms with Gasteiger partial charge in [-0.1, -0.05) is 12.1 Å². The van der Waals surface area contributed by atoms with Crippen molar-refractivity contribution in [1.82, 2.24) is 10.6 Å². The van der Waals surface area contributed by atoms with Crippen molar-refractivity contribution in [2.75, 3.05) is 13.2 Å². The number of rotatable bonds is 6. The van der Waals surface area contributed by atoms with Crippen molar-refractivity contribution in [3.05, 3.63) is 47.5 Å². The van der Waals surface area contributed by atoms with Crippen molar-refractivity contribution in [2.45, 2.75) is 19.9 Å². The van der Waals surface area contributed by atoms with Gasteiger partial charge in [-0.15, -0.1) is 0 Å². The summed E-state index contributed by atoms with van der Waals surface area (Å²) in [5.41, 5.74) is 3.90. The Morgan fingerprint density at radius 2 is 1.52 bits per heavy atom. The third kappa shape index (κ3) is 3.28. The lowest BCUT2D eigenvalue weighted by atomic mass is 10.1. The fourth-order valence-electron chi connectivity index (χ4n) is 3.11. The molecule has 0 heterocycles. The van der Waals surface area contributed by atoms with Crippen molar-refractivity contribution >= 4 is 12.4 Å². The molecule has 0 aliphatic heterocycles. The highest BCUT2D eigenvalue weighted by Gasteiger charge is 2.30. The minimum atomic E-state index is -0.553. The van der Waals surface area contributed by atoms with Gasteiger partial charge in [-0.25, -0.2) is 4.79 Å². The summed E-state index contributed by atoms with van der Waals surface area (Å²) < 4.78 is 11.2. The van der Waals surface area contributed by atoms with Crippen LogP contribution in [0.5, 0.6) is 11.5 Å². The van der Waals surface area contributed by atoms with Crippen molar-refractivity contribution in [3.63, 3.8) is 0 Å². The van der Waals surface area contributed by atoms with Gasteiger partial charge in [-0.3, -0.25) is 10.1 Å². The number of fused-ring (bicyclic) bond motifs is 3. The predicted octanol–water partition coefficient (Wildman–Crippen LogP) is 3.01. The molecule has 0 saturated heterocycles. The molecule has 0 radical (unpaired) electrons. The maximum absolute atomic E-state index is 11.9. The van der Waals surface area contributed by atoms with Crippen LogP contribution in [-0.4, -0.2) is 25.7 Å². The zero-order chi connectivity index (χ0) is 17.8. The quantitative estimate of drug-likeness (QED) is 0.793. The molecule has 0 spiro atoms. The molecule has 6 nitrogen and oxygen atoms in total. The Kier molecular flexibility index (Phi) is 4.88. The minimum absolute atomic E-state index is 0.360. The Morgan fingerprint density at radius 1 is 1.00 bits per heavy atom. The summed E-state index contributed by atoms with van der Waals surface area (Å²) in [7, 11) is 0. The van der Waals surface area contributed by atoms with E-state index in [1.54, 1.807) is 0 Å². The number of carbonyl (C=O) groups excluding carboxylic acids is 2. The van der Waals surface area contributed by atoms with Gasteiger partial charge >= 0.3 is 6.03 Å². The molecule has 0 saturated carbocycles. The second kappa shape index (κ2) is 7.25. The molecule has 130 valence electrons. The molecule has 25 heavy (non-hydrogen) atoms. The molecule has 0 bridgehead atoms. The standard InChI is InChI=1S/C19H20N2O4/c1-3-24-12-5-7-14-15-8-6-13(25-4-2)10-17(15)18(16(14)9-12)21-19(23)20-11-22/h5-11,18H,3-4H2,1-2H3,(H2,20,21,22,23). The number of hydrogen-bond acceptors (Lipinski definition) is 4. The molecule has 0 unspecified atom stereocenters. The van der Waals surface area contributed by atoms with Crippen LogP contribution in [0, 0.1) is 0 Å². The van der Waals surface area contributed by atoms with Crippen molar-refractivity contribution in [2.24, 2.45) is 0 Å². The second-order valence-corrected chi connectivity index (χ2v) is 5.53. The average Bonchev–Trinajstić information content (AvgIpc) is 2.89. The highest BCUT2D eigenvalue weighted by Crippen LogP contribution is 2.46. The first kappa shape index (κ1) is 16.8. The molecule has 1 aliphatic carbocycles. The minimum Gasteiger partial charge on any atom is -0.494 e. The van der Waals surface area contributed by atoms with E-state index >= 15 is 0 Å². The molecule has 3 rings (SSSR count). The Bertz CT molecular complexity index is 749. The van der Waals surface area contributed by atoms with Crippen LogP contribution in [-0.2, 0) is 4.79 Å². The number of urea groups is 1. The number of nitrogens with one attached hydrogen (secondary N) is 2. The van der Waals surface area contributed by atoms with Crippen molar-refractivity contribution < 1.29 is 19.1 Å². The Morgan fingerprint density at radius 3 is 1.96 bits per heavy atom. The molecular weight excluding hydrogens is 320 g/mol. The van der Waals surface area contributed by atoms with Gasteiger partial charge in [0, 0.05) is 0 Å². The molecule has 0 fully saturated rings. The maximum atomic E-state index is 11.9. The maximum Gasteiger partial charge on any atom is 0.321 e. The highest BCUT2D eigenvalue weighted by atomic mass is 16.5. The lowest BCUT2D eigenvalue weighted by Gasteiger charge is -2.16. The van der Waals surface area contributed by atoms with E-state index in [0.29, 0.717) is 19.6 Å². The Hall–Kier alpha value is -3.02. The first-order valence-electron chi connectivity index (χ1n) is 8.22. The topological polar surface area (TPSA) is 76.7 Å². The molecule has 6 heteroatoms. The number of ether oxygens (including phenoxy) is 2. The van der Waals surface area contributed by atoms with Crippen LogP contribution in [0.1, 0.15) is 31.0 Å². The number of amides is 3. The van der Waals surface area contributed by atoms with E-state index in [1.165, 1.54) is 0 Å². The van der Waals surface area contributed by atoms with E-state index < -0.39 is 6.03 Å². The van der Waals surface area contributed by atoms with Gasteiger partial charge in [0.15, 0.2) is 0 Å². The van der Waals surface area contributed by atoms with Crippen molar-refractivity contribution in [1.29, 1.82) is 0 Å². The lowest BCUT2D eigenvalue weighted by Crippen LogP contribution is -2.37. The smallest absolute Gasteiger partial charge is 0.321 e. The SMILES string of the molecule is CCOc1ccc2c(c1)C(NC(=O)NC=O)c1cc(OCC)ccc1-2. The normalized spacial score (nSPS) is 12.1. The average molecular weight is 340 g/mol. The lowest BCUT2D eigenvalue weighted by molar-refractivity contribution is -0.108. The van der Waals surface area contributed by atoms with E-state index in [-0.39, 0.29) is 6.04 Å². The van der Waals surface area contributed by atoms with Crippen LogP contribution in [0.3, 0.4) is 0 Å². The number of hydrogen-bond donors (Lipinski definition) is 2. The first-order valence-corrected chi connectivity index (χ1v) is 8.22. The van der Waals surface area contributed by atoms with E-state index in [0.717, 1.165) is 33.8 Å². The number of imide groups is 1. The van der Waals surface area contributed by atoms with Gasteiger partial charge in [0.1, 0.15) is 11.5 Å². The Labute approximate surface area is 146 Å². The fourth-order valence-corrected chi connectivity index (χ4v) is 3.11. The van der Waals surface area contributed by atoms with Crippen LogP contribution in [0.4, 0.5) is 4.79 Å². The summed E-state index contributed by atoms with van der Waals surface area (Å²) in [5, 5.41) is 4.96. The summed E-state index contributed by atoms with van der Waals surface area (Å²) in [5.74, 6) is 1.48. The number of carbonyl (C=O) groups is 2. The van der Waals surface area contributed by atoms with Crippen molar-refractivity contribution in [3.8, 4) is 22.6 Å². The first-order chi connectivity index (χ1) is 12.2. The molecule has 2 aromatic carbocycles. The Balaban J connectivity index is 2.05. The van der Waals surface area contributed by atoms with Gasteiger partial charge in [-0.05, 0) is 60.4 Å². The predicted molar refractivity (Wildman–Crippen MR) is 93.8 cm³/mol. The molecule has 2 N–H and O–H groups in total. The van der Waals surface area contributed by atoms with Gasteiger partial charge in [0.2, 0.25) is 6.41 Å². The fraction of sp³-hybridized carbons (Fsp3) is 0.263. The summed E-state index contributed by atoms with van der Waals surface area (Å²) in [6.45, 7) is 4.96. The van der Waals surface area contributed by atoms with Crippen LogP contribution in [0.2, 0.25) is 0 Å². The molecule has 1 aliphatic rings. The van der Waals surface area contributed by atoms with Crippen LogP contribution in [0.25, 0.3) is 11.1 Å². The van der Waals surface area contributed by atoms with Gasteiger partial charge < -0.3 is 14.8 Å². The molecule has 0 atom stereocenters. The van der Waals surface area contributed by atoms with Gasteiger partial charge in [0.05, 0.1) is 19.3 Å². The van der Waals surface area contributed by atoms with Crippen LogP contribution >= 0.6 is 0 Å². The molecule has 0 aromatic heterocycles. The van der Waals surface area contributed by atoms with E-state index in [4.69, 9.17) is 9.47 Å². The largest absolute Gasteiger partial charge is 0.494 e. The third-order valence-electron chi connectivity index (χ3n) is 4.05. The summed E-state index contributed by atoms with van der Waals surface area (Å²) in [4.78, 5) is 22.5. The second-order valence-electron chi connectivity index (χ2n) is 5.53. The monoisotopic (exact) mass is 340 g/mol. The highest BCUT2D eigenvalue weighted by molar-refractivity contribution is 5.87. The number of benzene rings is 2. The zero-order valence-electron chi connectivity index (χ0n) is 14.2. The van der Waals surface area contributed by atoms with E-state index in [1.807, 2.05) is 50.2 Å². The molecular formula is C19H20N2O4. The van der Waals surface area contributed by atoms with E-state index in [9.17, 15) is 9.59 Å². The van der Waals surface area contributed by atoms with Gasteiger partial charge in [0.25, 0.3) is 0 Å². The zero-order valence-corrected chi connectivity index (χ0v) is 14.2. The van der Waals surface area contributed by atoms with Crippen LogP contribution in [0.15, 0.2) is 36.4 Å². The molecule has 3 amide bonds. The summed E-state index contributed by atoms with van der Waals surface area (Å²) >= 11 is 0. The molecule has 2 aromatic rings.